The van der Waals surface area contributed by atoms with Crippen molar-refractivity contribution in [3.05, 3.63) is 41.9 Å². The van der Waals surface area contributed by atoms with E-state index in [1.54, 1.807) is 19.1 Å². The Kier molecular flexibility index (Phi) is 3.07. The van der Waals surface area contributed by atoms with Gasteiger partial charge in [0.25, 0.3) is 0 Å². The first-order valence-corrected chi connectivity index (χ1v) is 4.25. The zero-order valence-corrected chi connectivity index (χ0v) is 7.93. The second kappa shape index (κ2) is 4.08. The fourth-order valence-electron chi connectivity index (χ4n) is 1.03. The van der Waals surface area contributed by atoms with Crippen LogP contribution in [0.2, 0.25) is 0 Å². The minimum Gasteiger partial charge on any atom is -0.460 e. The molecule has 0 unspecified atom stereocenters. The highest BCUT2D eigenvalue weighted by Gasteiger charge is 2.03. The van der Waals surface area contributed by atoms with Crippen LogP contribution in [0.1, 0.15) is 19.4 Å². The Morgan fingerprint density at radius 3 is 2.77 bits per heavy atom. The van der Waals surface area contributed by atoms with Gasteiger partial charge < -0.3 is 4.74 Å². The van der Waals surface area contributed by atoms with Gasteiger partial charge in [0, 0.05) is 0 Å². The number of aryl methyl sites for hydroxylation is 1. The Bertz CT molecular complexity index is 318. The van der Waals surface area contributed by atoms with Crippen LogP contribution in [-0.4, -0.2) is 0 Å². The lowest BCUT2D eigenvalue weighted by molar-refractivity contribution is 0.400. The Hall–Kier alpha value is -1.31. The molecule has 0 bridgehead atoms. The van der Waals surface area contributed by atoms with E-state index in [1.165, 1.54) is 6.07 Å². The molecule has 0 aromatic heterocycles. The van der Waals surface area contributed by atoms with E-state index in [2.05, 4.69) is 6.58 Å². The van der Waals surface area contributed by atoms with Crippen molar-refractivity contribution in [1.29, 1.82) is 0 Å². The van der Waals surface area contributed by atoms with E-state index >= 15 is 0 Å². The third-order valence-corrected chi connectivity index (χ3v) is 1.69. The molecule has 1 aromatic rings. The van der Waals surface area contributed by atoms with Crippen LogP contribution in [0.25, 0.3) is 0 Å². The highest BCUT2D eigenvalue weighted by Crippen LogP contribution is 2.20. The van der Waals surface area contributed by atoms with Crippen LogP contribution in [0, 0.1) is 5.82 Å². The van der Waals surface area contributed by atoms with Gasteiger partial charge in [-0.1, -0.05) is 19.6 Å². The van der Waals surface area contributed by atoms with Gasteiger partial charge in [-0.2, -0.15) is 0 Å². The van der Waals surface area contributed by atoms with E-state index in [1.807, 2.05) is 6.92 Å². The third-order valence-electron chi connectivity index (χ3n) is 1.69. The van der Waals surface area contributed by atoms with Crippen LogP contribution < -0.4 is 4.74 Å². The molecule has 0 fully saturated rings. The van der Waals surface area contributed by atoms with Gasteiger partial charge in [-0.05, 0) is 31.0 Å². The molecule has 0 amide bonds. The first-order chi connectivity index (χ1) is 6.13. The molecule has 0 spiro atoms. The molecule has 0 radical (unpaired) electrons. The molecule has 0 atom stereocenters. The normalized spacial score (nSPS) is 9.77. The highest BCUT2D eigenvalue weighted by atomic mass is 19.1. The Labute approximate surface area is 77.8 Å². The summed E-state index contributed by atoms with van der Waals surface area (Å²) in [6, 6.07) is 4.86. The molecular formula is C11H13FO. The molecule has 0 heterocycles. The van der Waals surface area contributed by atoms with E-state index < -0.39 is 0 Å². The van der Waals surface area contributed by atoms with Crippen molar-refractivity contribution in [1.82, 2.24) is 0 Å². The minimum absolute atomic E-state index is 0.256. The van der Waals surface area contributed by atoms with E-state index in [4.69, 9.17) is 4.74 Å². The number of ether oxygens (including phenoxy) is 1. The van der Waals surface area contributed by atoms with Crippen molar-refractivity contribution >= 4 is 0 Å². The van der Waals surface area contributed by atoms with Crippen LogP contribution in [0.5, 0.6) is 5.75 Å². The molecule has 1 nitrogen and oxygen atoms in total. The average molecular weight is 180 g/mol. The summed E-state index contributed by atoms with van der Waals surface area (Å²) >= 11 is 0. The predicted octanol–water partition coefficient (Wildman–Crippen LogP) is 3.30. The number of halogens is 1. The molecule has 0 aliphatic heterocycles. The average Bonchev–Trinajstić information content (AvgIpc) is 2.08. The van der Waals surface area contributed by atoms with Gasteiger partial charge >= 0.3 is 0 Å². The lowest BCUT2D eigenvalue weighted by Crippen LogP contribution is -1.93. The zero-order chi connectivity index (χ0) is 9.84. The molecule has 0 aliphatic rings. The minimum atomic E-state index is -0.347. The molecule has 1 rings (SSSR count). The second-order valence-corrected chi connectivity index (χ2v) is 2.92. The van der Waals surface area contributed by atoms with Crippen LogP contribution in [0.15, 0.2) is 30.5 Å². The lowest BCUT2D eigenvalue weighted by atomic mass is 10.1. The predicted molar refractivity (Wildman–Crippen MR) is 51.2 cm³/mol. The summed E-state index contributed by atoms with van der Waals surface area (Å²) in [6.07, 6.45) is 0.868. The first kappa shape index (κ1) is 9.78. The van der Waals surface area contributed by atoms with E-state index in [9.17, 15) is 4.39 Å². The monoisotopic (exact) mass is 180 g/mol. The number of benzene rings is 1. The van der Waals surface area contributed by atoms with Crippen molar-refractivity contribution < 1.29 is 9.13 Å². The third kappa shape index (κ3) is 2.58. The van der Waals surface area contributed by atoms with Crippen molar-refractivity contribution in [3.63, 3.8) is 0 Å². The maximum Gasteiger partial charge on any atom is 0.165 e. The van der Waals surface area contributed by atoms with Crippen LogP contribution in [0.4, 0.5) is 4.39 Å². The summed E-state index contributed by atoms with van der Waals surface area (Å²) in [5.41, 5.74) is 1.05. The summed E-state index contributed by atoms with van der Waals surface area (Å²) < 4.78 is 18.2. The molecule has 13 heavy (non-hydrogen) atoms. The maximum absolute atomic E-state index is 13.1. The molecule has 0 aliphatic carbocycles. The fourth-order valence-corrected chi connectivity index (χ4v) is 1.03. The van der Waals surface area contributed by atoms with Crippen molar-refractivity contribution in [3.8, 4) is 5.75 Å². The van der Waals surface area contributed by atoms with E-state index in [0.29, 0.717) is 5.76 Å². The maximum atomic E-state index is 13.1. The Balaban J connectivity index is 2.96. The molecule has 0 N–H and O–H groups in total. The molecular weight excluding hydrogens is 167 g/mol. The SMILES string of the molecule is C=C(C)Oc1cc(CC)ccc1F. The number of allylic oxidation sites excluding steroid dienone is 1. The number of hydrogen-bond donors (Lipinski definition) is 0. The highest BCUT2D eigenvalue weighted by molar-refractivity contribution is 5.31. The zero-order valence-electron chi connectivity index (χ0n) is 7.93. The van der Waals surface area contributed by atoms with Gasteiger partial charge in [0.1, 0.15) is 0 Å². The molecule has 2 heteroatoms. The van der Waals surface area contributed by atoms with Crippen molar-refractivity contribution in [2.75, 3.05) is 0 Å². The standard InChI is InChI=1S/C11H13FO/c1-4-9-5-6-10(12)11(7-9)13-8(2)3/h5-7H,2,4H2,1,3H3. The molecule has 0 saturated carbocycles. The van der Waals surface area contributed by atoms with E-state index in [-0.39, 0.29) is 11.6 Å². The first-order valence-electron chi connectivity index (χ1n) is 4.25. The largest absolute Gasteiger partial charge is 0.460 e. The molecule has 1 aromatic carbocycles. The summed E-state index contributed by atoms with van der Waals surface area (Å²) in [4.78, 5) is 0. The van der Waals surface area contributed by atoms with Gasteiger partial charge in [-0.25, -0.2) is 4.39 Å². The van der Waals surface area contributed by atoms with Gasteiger partial charge in [0.2, 0.25) is 0 Å². The van der Waals surface area contributed by atoms with Gasteiger partial charge in [-0.15, -0.1) is 0 Å². The van der Waals surface area contributed by atoms with Crippen LogP contribution in [-0.2, 0) is 6.42 Å². The quantitative estimate of drug-likeness (QED) is 0.648. The van der Waals surface area contributed by atoms with Crippen molar-refractivity contribution in [2.45, 2.75) is 20.3 Å². The fraction of sp³-hybridized carbons (Fsp3) is 0.273. The number of rotatable bonds is 3. The molecule has 70 valence electrons. The molecule has 0 saturated heterocycles. The van der Waals surface area contributed by atoms with Crippen LogP contribution >= 0.6 is 0 Å². The Morgan fingerprint density at radius 1 is 1.54 bits per heavy atom. The topological polar surface area (TPSA) is 9.23 Å². The van der Waals surface area contributed by atoms with Crippen LogP contribution in [0.3, 0.4) is 0 Å². The summed E-state index contributed by atoms with van der Waals surface area (Å²) in [6.45, 7) is 7.26. The summed E-state index contributed by atoms with van der Waals surface area (Å²) in [5, 5.41) is 0. The number of hydrogen-bond acceptors (Lipinski definition) is 1. The second-order valence-electron chi connectivity index (χ2n) is 2.92. The van der Waals surface area contributed by atoms with Crippen molar-refractivity contribution in [2.24, 2.45) is 0 Å². The van der Waals surface area contributed by atoms with Gasteiger partial charge in [0.15, 0.2) is 11.6 Å². The van der Waals surface area contributed by atoms with Gasteiger partial charge in [0.05, 0.1) is 5.76 Å². The summed E-state index contributed by atoms with van der Waals surface area (Å²) in [5.74, 6) is 0.402. The lowest BCUT2D eigenvalue weighted by Gasteiger charge is -2.06. The van der Waals surface area contributed by atoms with Gasteiger partial charge in [-0.3, -0.25) is 0 Å². The Morgan fingerprint density at radius 2 is 2.23 bits per heavy atom. The smallest absolute Gasteiger partial charge is 0.165 e. The summed E-state index contributed by atoms with van der Waals surface area (Å²) in [7, 11) is 0. The van der Waals surface area contributed by atoms with E-state index in [0.717, 1.165) is 12.0 Å².